The number of benzene rings is 1. The summed E-state index contributed by atoms with van der Waals surface area (Å²) in [4.78, 5) is 6.29. The third kappa shape index (κ3) is 2.20. The maximum atomic E-state index is 8.93. The van der Waals surface area contributed by atoms with Crippen LogP contribution < -0.4 is 4.90 Å². The molecule has 0 amide bonds. The molecule has 0 aliphatic rings. The van der Waals surface area contributed by atoms with Gasteiger partial charge in [0.15, 0.2) is 0 Å². The van der Waals surface area contributed by atoms with Gasteiger partial charge in [-0.2, -0.15) is 0 Å². The molecule has 3 nitrogen and oxygen atoms in total. The number of pyridine rings is 1. The second-order valence-electron chi connectivity index (χ2n) is 3.58. The predicted octanol–water partition coefficient (Wildman–Crippen LogP) is 2.34. The number of para-hydroxylation sites is 1. The molecule has 0 atom stereocenters. The summed E-state index contributed by atoms with van der Waals surface area (Å²) in [7, 11) is 1.97. The van der Waals surface area contributed by atoms with Gasteiger partial charge >= 0.3 is 0 Å². The third-order valence-corrected chi connectivity index (χ3v) is 2.48. The smallest absolute Gasteiger partial charge is 0.132 e. The fourth-order valence-corrected chi connectivity index (χ4v) is 1.49. The van der Waals surface area contributed by atoms with Crippen molar-refractivity contribution in [2.75, 3.05) is 11.9 Å². The Bertz CT molecular complexity index is 439. The van der Waals surface area contributed by atoms with E-state index in [2.05, 4.69) is 4.98 Å². The summed E-state index contributed by atoms with van der Waals surface area (Å²) in [5.41, 5.74) is 1.91. The summed E-state index contributed by atoms with van der Waals surface area (Å²) in [5, 5.41) is 8.93. The van der Waals surface area contributed by atoms with Crippen molar-refractivity contribution < 1.29 is 5.11 Å². The van der Waals surface area contributed by atoms with Crippen LogP contribution in [0, 0.1) is 0 Å². The fraction of sp³-hybridized carbons (Fsp3) is 0.154. The molecule has 1 aromatic carbocycles. The van der Waals surface area contributed by atoms with E-state index >= 15 is 0 Å². The molecule has 3 heteroatoms. The average Bonchev–Trinajstić information content (AvgIpc) is 2.39. The van der Waals surface area contributed by atoms with Crippen LogP contribution in [-0.2, 0) is 6.61 Å². The van der Waals surface area contributed by atoms with Gasteiger partial charge in [-0.3, -0.25) is 0 Å². The van der Waals surface area contributed by atoms with Crippen molar-refractivity contribution in [3.05, 3.63) is 54.2 Å². The molecule has 82 valence electrons. The summed E-state index contributed by atoms with van der Waals surface area (Å²) in [6.45, 7) is 0.0301. The molecule has 0 bridgehead atoms. The minimum absolute atomic E-state index is 0.0301. The summed E-state index contributed by atoms with van der Waals surface area (Å²) in [6.07, 6.45) is 1.69. The van der Waals surface area contributed by atoms with Gasteiger partial charge in [0.25, 0.3) is 0 Å². The van der Waals surface area contributed by atoms with Crippen molar-refractivity contribution in [3.63, 3.8) is 0 Å². The van der Waals surface area contributed by atoms with Gasteiger partial charge in [0.1, 0.15) is 5.82 Å². The van der Waals surface area contributed by atoms with E-state index in [9.17, 15) is 0 Å². The Labute approximate surface area is 95.0 Å². The van der Waals surface area contributed by atoms with E-state index in [4.69, 9.17) is 5.11 Å². The summed E-state index contributed by atoms with van der Waals surface area (Å²) in [5.74, 6) is 0.864. The van der Waals surface area contributed by atoms with E-state index in [1.165, 1.54) is 0 Å². The van der Waals surface area contributed by atoms with Gasteiger partial charge in [0.05, 0.1) is 6.61 Å². The molecular formula is C13H14N2O. The molecule has 16 heavy (non-hydrogen) atoms. The van der Waals surface area contributed by atoms with E-state index in [1.54, 1.807) is 6.20 Å². The first kappa shape index (κ1) is 10.6. The third-order valence-electron chi connectivity index (χ3n) is 2.48. The Balaban J connectivity index is 2.24. The first-order valence-corrected chi connectivity index (χ1v) is 5.16. The van der Waals surface area contributed by atoms with Gasteiger partial charge in [-0.25, -0.2) is 4.98 Å². The zero-order valence-corrected chi connectivity index (χ0v) is 9.17. The van der Waals surface area contributed by atoms with Crippen LogP contribution in [0.5, 0.6) is 0 Å². The molecule has 0 saturated heterocycles. The number of hydrogen-bond donors (Lipinski definition) is 1. The highest BCUT2D eigenvalue weighted by atomic mass is 16.3. The lowest BCUT2D eigenvalue weighted by molar-refractivity contribution is 0.281. The highest BCUT2D eigenvalue weighted by Gasteiger charge is 2.03. The Morgan fingerprint density at radius 2 is 1.88 bits per heavy atom. The zero-order chi connectivity index (χ0) is 11.4. The van der Waals surface area contributed by atoms with Crippen molar-refractivity contribution in [2.24, 2.45) is 0 Å². The lowest BCUT2D eigenvalue weighted by Gasteiger charge is -2.18. The van der Waals surface area contributed by atoms with E-state index in [0.717, 1.165) is 17.1 Å². The first-order chi connectivity index (χ1) is 7.81. The number of anilines is 2. The number of aromatic nitrogens is 1. The summed E-state index contributed by atoms with van der Waals surface area (Å²) >= 11 is 0. The quantitative estimate of drug-likeness (QED) is 0.852. The Morgan fingerprint density at radius 1 is 1.12 bits per heavy atom. The van der Waals surface area contributed by atoms with Crippen LogP contribution in [0.4, 0.5) is 11.5 Å². The first-order valence-electron chi connectivity index (χ1n) is 5.16. The maximum Gasteiger partial charge on any atom is 0.132 e. The second kappa shape index (κ2) is 4.77. The Morgan fingerprint density at radius 3 is 2.44 bits per heavy atom. The number of hydrogen-bond acceptors (Lipinski definition) is 3. The van der Waals surface area contributed by atoms with Gasteiger partial charge < -0.3 is 10.0 Å². The van der Waals surface area contributed by atoms with Crippen LogP contribution in [0.15, 0.2) is 48.7 Å². The molecule has 0 radical (unpaired) electrons. The minimum Gasteiger partial charge on any atom is -0.392 e. The van der Waals surface area contributed by atoms with Crippen molar-refractivity contribution >= 4 is 11.5 Å². The van der Waals surface area contributed by atoms with E-state index < -0.39 is 0 Å². The van der Waals surface area contributed by atoms with Gasteiger partial charge in [-0.05, 0) is 23.8 Å². The normalized spacial score (nSPS) is 10.1. The van der Waals surface area contributed by atoms with Crippen LogP contribution in [-0.4, -0.2) is 17.1 Å². The van der Waals surface area contributed by atoms with Gasteiger partial charge in [-0.1, -0.05) is 24.3 Å². The predicted molar refractivity (Wildman–Crippen MR) is 64.7 cm³/mol. The molecule has 0 aliphatic carbocycles. The molecule has 0 fully saturated rings. The van der Waals surface area contributed by atoms with Gasteiger partial charge in [0.2, 0.25) is 0 Å². The van der Waals surface area contributed by atoms with Crippen LogP contribution in [0.1, 0.15) is 5.56 Å². The van der Waals surface area contributed by atoms with E-state index in [0.29, 0.717) is 0 Å². The maximum absolute atomic E-state index is 8.93. The fourth-order valence-electron chi connectivity index (χ4n) is 1.49. The van der Waals surface area contributed by atoms with Crippen molar-refractivity contribution in [1.82, 2.24) is 4.98 Å². The average molecular weight is 214 g/mol. The molecule has 0 spiro atoms. The highest BCUT2D eigenvalue weighted by Crippen LogP contribution is 2.20. The van der Waals surface area contributed by atoms with Gasteiger partial charge in [0, 0.05) is 18.9 Å². The largest absolute Gasteiger partial charge is 0.392 e. The summed E-state index contributed by atoms with van der Waals surface area (Å²) in [6, 6.07) is 13.8. The summed E-state index contributed by atoms with van der Waals surface area (Å²) < 4.78 is 0. The molecule has 0 unspecified atom stereocenters. The van der Waals surface area contributed by atoms with Gasteiger partial charge in [-0.15, -0.1) is 0 Å². The number of nitrogens with zero attached hydrogens (tertiary/aromatic N) is 2. The number of aliphatic hydroxyl groups is 1. The number of aliphatic hydroxyl groups excluding tert-OH is 1. The van der Waals surface area contributed by atoms with Crippen molar-refractivity contribution in [2.45, 2.75) is 6.61 Å². The molecule has 2 rings (SSSR count). The van der Waals surface area contributed by atoms with Crippen molar-refractivity contribution in [1.29, 1.82) is 0 Å². The van der Waals surface area contributed by atoms with E-state index in [1.807, 2.05) is 54.4 Å². The van der Waals surface area contributed by atoms with Crippen LogP contribution >= 0.6 is 0 Å². The minimum atomic E-state index is 0.0301. The van der Waals surface area contributed by atoms with Crippen LogP contribution in [0.2, 0.25) is 0 Å². The Kier molecular flexibility index (Phi) is 3.17. The molecule has 1 N–H and O–H groups in total. The lowest BCUT2D eigenvalue weighted by atomic mass is 10.2. The lowest BCUT2D eigenvalue weighted by Crippen LogP contribution is -2.10. The van der Waals surface area contributed by atoms with E-state index in [-0.39, 0.29) is 6.61 Å². The monoisotopic (exact) mass is 214 g/mol. The second-order valence-corrected chi connectivity index (χ2v) is 3.58. The molecule has 2 aromatic rings. The molecule has 0 saturated carbocycles. The topological polar surface area (TPSA) is 36.4 Å². The molecule has 1 aromatic heterocycles. The van der Waals surface area contributed by atoms with Crippen LogP contribution in [0.25, 0.3) is 0 Å². The van der Waals surface area contributed by atoms with Crippen molar-refractivity contribution in [3.8, 4) is 0 Å². The number of rotatable bonds is 3. The Hall–Kier alpha value is -1.87. The van der Waals surface area contributed by atoms with Crippen LogP contribution in [0.3, 0.4) is 0 Å². The molecular weight excluding hydrogens is 200 g/mol. The molecule has 1 heterocycles. The SMILES string of the molecule is CN(c1ccccc1)c1ccc(CO)cn1. The molecule has 0 aliphatic heterocycles. The highest BCUT2D eigenvalue weighted by molar-refractivity contribution is 5.58. The standard InChI is InChI=1S/C13H14N2O/c1-15(12-5-3-2-4-6-12)13-8-7-11(10-16)9-14-13/h2-9,16H,10H2,1H3. The zero-order valence-electron chi connectivity index (χ0n) is 9.17.